The molecule has 7 heteroatoms. The van der Waals surface area contributed by atoms with Gasteiger partial charge < -0.3 is 15.8 Å². The van der Waals surface area contributed by atoms with Gasteiger partial charge in [0.2, 0.25) is 0 Å². The first-order valence-electron chi connectivity index (χ1n) is 4.80. The molecule has 0 aliphatic heterocycles. The first-order chi connectivity index (χ1) is 8.10. The maximum atomic E-state index is 11.2. The van der Waals surface area contributed by atoms with E-state index in [1.165, 1.54) is 6.07 Å². The third-order valence-electron chi connectivity index (χ3n) is 1.91. The van der Waals surface area contributed by atoms with Crippen LogP contribution in [0.4, 0.5) is 10.5 Å². The van der Waals surface area contributed by atoms with Crippen molar-refractivity contribution < 1.29 is 14.3 Å². The van der Waals surface area contributed by atoms with Crippen LogP contribution in [-0.4, -0.2) is 18.5 Å². The zero-order valence-corrected chi connectivity index (χ0v) is 9.91. The van der Waals surface area contributed by atoms with Gasteiger partial charge in [-0.1, -0.05) is 6.07 Å². The van der Waals surface area contributed by atoms with Crippen LogP contribution in [-0.2, 0) is 12.4 Å². The van der Waals surface area contributed by atoms with E-state index in [1.54, 1.807) is 19.1 Å². The van der Waals surface area contributed by atoms with E-state index in [0.29, 0.717) is 12.4 Å². The van der Waals surface area contributed by atoms with Crippen molar-refractivity contribution in [3.8, 4) is 5.75 Å². The van der Waals surface area contributed by atoms with Gasteiger partial charge in [-0.05, 0) is 19.1 Å². The summed E-state index contributed by atoms with van der Waals surface area (Å²) in [6.07, 6.45) is 0. The number of anilines is 1. The smallest absolute Gasteiger partial charge is 0.356 e. The summed E-state index contributed by atoms with van der Waals surface area (Å²) in [5, 5.41) is 2.36. The van der Waals surface area contributed by atoms with Gasteiger partial charge in [0.1, 0.15) is 5.75 Å². The first kappa shape index (κ1) is 13.0. The van der Waals surface area contributed by atoms with Gasteiger partial charge in [0.05, 0.1) is 17.9 Å². The number of carbonyl (C=O) groups excluding carboxylic acids is 2. The largest absolute Gasteiger partial charge is 0.492 e. The predicted octanol–water partition coefficient (Wildman–Crippen LogP) is 1.45. The molecule has 0 saturated carbocycles. The van der Waals surface area contributed by atoms with Gasteiger partial charge in [0.15, 0.2) is 0 Å². The van der Waals surface area contributed by atoms with E-state index in [-0.39, 0.29) is 11.3 Å². The zero-order valence-electron chi connectivity index (χ0n) is 9.10. The fraction of sp³-hybridized carbons (Fsp3) is 0.200. The van der Waals surface area contributed by atoms with E-state index in [2.05, 4.69) is 22.1 Å². The molecule has 0 fully saturated rings. The van der Waals surface area contributed by atoms with Gasteiger partial charge in [-0.3, -0.25) is 4.79 Å². The van der Waals surface area contributed by atoms with Crippen molar-refractivity contribution in [3.63, 3.8) is 0 Å². The molecule has 0 aromatic heterocycles. The SMILES string of the molecule is CCOc1cccc(C(N)=O)c1NC(=O)N=S. The number of ether oxygens (including phenoxy) is 1. The summed E-state index contributed by atoms with van der Waals surface area (Å²) in [5.41, 5.74) is 5.52. The van der Waals surface area contributed by atoms with Gasteiger partial charge in [-0.25, -0.2) is 4.79 Å². The number of carbonyl (C=O) groups is 2. The molecule has 1 aromatic rings. The minimum absolute atomic E-state index is 0.142. The fourth-order valence-corrected chi connectivity index (χ4v) is 1.32. The van der Waals surface area contributed by atoms with Crippen LogP contribution in [0.3, 0.4) is 0 Å². The quantitative estimate of drug-likeness (QED) is 0.849. The molecule has 0 aliphatic carbocycles. The third kappa shape index (κ3) is 3.22. The Bertz CT molecular complexity index is 462. The van der Waals surface area contributed by atoms with Crippen molar-refractivity contribution in [3.05, 3.63) is 23.8 Å². The van der Waals surface area contributed by atoms with Crippen LogP contribution < -0.4 is 15.8 Å². The number of nitrogens with one attached hydrogen (secondary N) is 1. The van der Waals surface area contributed by atoms with Crippen molar-refractivity contribution >= 4 is 30.1 Å². The Morgan fingerprint density at radius 2 is 2.24 bits per heavy atom. The molecule has 3 amide bonds. The maximum absolute atomic E-state index is 11.2. The highest BCUT2D eigenvalue weighted by Gasteiger charge is 2.15. The van der Waals surface area contributed by atoms with Crippen LogP contribution in [0.5, 0.6) is 5.75 Å². The Balaban J connectivity index is 3.22. The lowest BCUT2D eigenvalue weighted by Gasteiger charge is -2.12. The van der Waals surface area contributed by atoms with E-state index in [1.807, 2.05) is 0 Å². The number of primary amides is 1. The molecule has 0 saturated heterocycles. The number of nitrogens with two attached hydrogens (primary N) is 1. The van der Waals surface area contributed by atoms with E-state index in [0.717, 1.165) is 0 Å². The van der Waals surface area contributed by atoms with E-state index >= 15 is 0 Å². The number of hydrogen-bond acceptors (Lipinski definition) is 4. The summed E-state index contributed by atoms with van der Waals surface area (Å²) >= 11 is 4.25. The minimum atomic E-state index is -0.755. The lowest BCUT2D eigenvalue weighted by atomic mass is 10.1. The Morgan fingerprint density at radius 1 is 1.53 bits per heavy atom. The van der Waals surface area contributed by atoms with E-state index < -0.39 is 11.9 Å². The standard InChI is InChI=1S/C10H11N3O3S/c1-2-16-7-5-3-4-6(9(11)14)8(7)12-10(15)13-17/h3-5H,2H2,1H3,(H2,11,14)(H,12,15). The summed E-state index contributed by atoms with van der Waals surface area (Å²) in [6, 6.07) is 3.93. The Kier molecular flexibility index (Phi) is 4.53. The second-order valence-electron chi connectivity index (χ2n) is 3.00. The van der Waals surface area contributed by atoms with Crippen LogP contribution in [0.2, 0.25) is 0 Å². The van der Waals surface area contributed by atoms with Crippen molar-refractivity contribution in [1.82, 2.24) is 0 Å². The molecule has 90 valence electrons. The maximum Gasteiger partial charge on any atom is 0.356 e. The third-order valence-corrected chi connectivity index (χ3v) is 2.07. The second-order valence-corrected chi connectivity index (χ2v) is 3.18. The average molecular weight is 253 g/mol. The van der Waals surface area contributed by atoms with Gasteiger partial charge in [0, 0.05) is 12.4 Å². The molecule has 0 bridgehead atoms. The number of amides is 3. The fourth-order valence-electron chi connectivity index (χ4n) is 1.27. The van der Waals surface area contributed by atoms with E-state index in [4.69, 9.17) is 10.5 Å². The second kappa shape index (κ2) is 5.90. The first-order valence-corrected chi connectivity index (χ1v) is 5.16. The molecule has 6 nitrogen and oxygen atoms in total. The highest BCUT2D eigenvalue weighted by molar-refractivity contribution is 7.47. The van der Waals surface area contributed by atoms with Gasteiger partial charge in [-0.2, -0.15) is 0 Å². The molecule has 0 spiro atoms. The molecular weight excluding hydrogens is 242 g/mol. The summed E-state index contributed by atoms with van der Waals surface area (Å²) in [5.74, 6) is -0.331. The van der Waals surface area contributed by atoms with Gasteiger partial charge in [0.25, 0.3) is 5.91 Å². The molecule has 0 aliphatic rings. The highest BCUT2D eigenvalue weighted by atomic mass is 32.1. The summed E-state index contributed by atoms with van der Waals surface area (Å²) in [6.45, 7) is 2.16. The predicted molar refractivity (Wildman–Crippen MR) is 64.9 cm³/mol. The van der Waals surface area contributed by atoms with Crippen LogP contribution in [0, 0.1) is 0 Å². The van der Waals surface area contributed by atoms with Crippen molar-refractivity contribution in [2.75, 3.05) is 11.9 Å². The molecule has 17 heavy (non-hydrogen) atoms. The molecule has 1 rings (SSSR count). The highest BCUT2D eigenvalue weighted by Crippen LogP contribution is 2.28. The van der Waals surface area contributed by atoms with Crippen molar-refractivity contribution in [1.29, 1.82) is 0 Å². The van der Waals surface area contributed by atoms with E-state index in [9.17, 15) is 9.59 Å². The molecule has 0 heterocycles. The number of benzene rings is 1. The molecule has 0 unspecified atom stereocenters. The molecule has 3 N–H and O–H groups in total. The lowest BCUT2D eigenvalue weighted by molar-refractivity contribution is 0.100. The summed E-state index contributed by atoms with van der Waals surface area (Å²) in [7, 11) is 0. The molecule has 0 atom stereocenters. The molecule has 1 aromatic carbocycles. The van der Waals surface area contributed by atoms with Crippen LogP contribution in [0.1, 0.15) is 17.3 Å². The lowest BCUT2D eigenvalue weighted by Crippen LogP contribution is -2.17. The summed E-state index contributed by atoms with van der Waals surface area (Å²) in [4.78, 5) is 22.3. The minimum Gasteiger partial charge on any atom is -0.492 e. The topological polar surface area (TPSA) is 93.8 Å². The van der Waals surface area contributed by atoms with Crippen molar-refractivity contribution in [2.24, 2.45) is 10.1 Å². The van der Waals surface area contributed by atoms with Gasteiger partial charge >= 0.3 is 6.03 Å². The number of nitrogens with zero attached hydrogens (tertiary/aromatic N) is 1. The van der Waals surface area contributed by atoms with Gasteiger partial charge in [-0.15, -0.1) is 4.36 Å². The number of urea groups is 1. The molecule has 0 radical (unpaired) electrons. The Hall–Kier alpha value is -2.02. The monoisotopic (exact) mass is 253 g/mol. The number of rotatable bonds is 4. The summed E-state index contributed by atoms with van der Waals surface area (Å²) < 4.78 is 8.29. The normalized spacial score (nSPS) is 9.47. The van der Waals surface area contributed by atoms with Crippen LogP contribution >= 0.6 is 0 Å². The van der Waals surface area contributed by atoms with Crippen molar-refractivity contribution in [2.45, 2.75) is 6.92 Å². The number of hydrogen-bond donors (Lipinski definition) is 2. The Labute approximate surface area is 103 Å². The van der Waals surface area contributed by atoms with Crippen LogP contribution in [0.15, 0.2) is 22.6 Å². The van der Waals surface area contributed by atoms with Crippen LogP contribution in [0.25, 0.3) is 0 Å². The molecular formula is C10H11N3O3S. The number of para-hydroxylation sites is 1. The average Bonchev–Trinajstić information content (AvgIpc) is 2.31. The zero-order chi connectivity index (χ0) is 12.8. The Morgan fingerprint density at radius 3 is 2.76 bits per heavy atom.